The summed E-state index contributed by atoms with van der Waals surface area (Å²) in [4.78, 5) is 0. The van der Waals surface area contributed by atoms with Gasteiger partial charge in [-0.05, 0) is 60.2 Å². The molecule has 8 heteroatoms. The molecule has 34 heavy (non-hydrogen) atoms. The number of ether oxygens (including phenoxy) is 5. The van der Waals surface area contributed by atoms with E-state index in [1.807, 2.05) is 59.6 Å². The molecule has 5 rings (SSSR count). The summed E-state index contributed by atoms with van der Waals surface area (Å²) >= 11 is 6.35. The zero-order valence-electron chi connectivity index (χ0n) is 19.4. The highest BCUT2D eigenvalue weighted by Crippen LogP contribution is 2.50. The second kappa shape index (κ2) is 8.99. The highest BCUT2D eigenvalue weighted by molar-refractivity contribution is 6.30. The zero-order chi connectivity index (χ0) is 23.8. The topological polar surface area (TPSA) is 61.8 Å². The summed E-state index contributed by atoms with van der Waals surface area (Å²) < 4.78 is 28.4. The number of benzene rings is 3. The first kappa shape index (κ1) is 22.2. The van der Waals surface area contributed by atoms with Crippen LogP contribution in [0.2, 0.25) is 5.02 Å². The molecule has 0 N–H and O–H groups in total. The van der Waals surface area contributed by atoms with Crippen molar-refractivity contribution in [3.8, 4) is 28.7 Å². The molecule has 2 heterocycles. The number of hydrogen-bond donors (Lipinski definition) is 0. The van der Waals surface area contributed by atoms with Gasteiger partial charge in [0.05, 0.1) is 40.2 Å². The summed E-state index contributed by atoms with van der Waals surface area (Å²) in [6.45, 7) is 0. The Morgan fingerprint density at radius 3 is 2.21 bits per heavy atom. The predicted octanol–water partition coefficient (Wildman–Crippen LogP) is 5.62. The minimum Gasteiger partial charge on any atom is -0.497 e. The van der Waals surface area contributed by atoms with Gasteiger partial charge in [-0.2, -0.15) is 5.10 Å². The second-order valence-corrected chi connectivity index (χ2v) is 8.42. The van der Waals surface area contributed by atoms with Gasteiger partial charge >= 0.3 is 0 Å². The molecule has 7 nitrogen and oxygen atoms in total. The third kappa shape index (κ3) is 3.76. The van der Waals surface area contributed by atoms with Crippen molar-refractivity contribution < 1.29 is 23.7 Å². The normalized spacial score (nSPS) is 18.4. The fraction of sp³-hybridized carbons (Fsp3) is 0.269. The number of hydrazone groups is 1. The van der Waals surface area contributed by atoms with Crippen LogP contribution in [0.1, 0.15) is 35.4 Å². The van der Waals surface area contributed by atoms with Gasteiger partial charge in [-0.25, -0.2) is 5.01 Å². The molecular weight excluding hydrogens is 456 g/mol. The van der Waals surface area contributed by atoms with E-state index >= 15 is 0 Å². The van der Waals surface area contributed by atoms with Gasteiger partial charge in [0.1, 0.15) is 11.5 Å². The van der Waals surface area contributed by atoms with E-state index in [4.69, 9.17) is 40.4 Å². The third-order valence-electron chi connectivity index (χ3n) is 6.15. The smallest absolute Gasteiger partial charge is 0.214 e. The first-order chi connectivity index (χ1) is 16.6. The summed E-state index contributed by atoms with van der Waals surface area (Å²) in [7, 11) is 6.43. The van der Waals surface area contributed by atoms with Gasteiger partial charge in [0.25, 0.3) is 0 Å². The van der Waals surface area contributed by atoms with Crippen molar-refractivity contribution in [3.05, 3.63) is 76.3 Å². The zero-order valence-corrected chi connectivity index (χ0v) is 20.1. The molecule has 0 unspecified atom stereocenters. The van der Waals surface area contributed by atoms with Gasteiger partial charge in [0.2, 0.25) is 12.0 Å². The summed E-state index contributed by atoms with van der Waals surface area (Å²) in [5.41, 5.74) is 3.83. The van der Waals surface area contributed by atoms with Crippen molar-refractivity contribution in [1.82, 2.24) is 5.01 Å². The fourth-order valence-corrected chi connectivity index (χ4v) is 4.66. The maximum absolute atomic E-state index is 6.47. The Morgan fingerprint density at radius 2 is 1.59 bits per heavy atom. The maximum atomic E-state index is 6.47. The lowest BCUT2D eigenvalue weighted by Crippen LogP contribution is -2.33. The molecule has 0 fully saturated rings. The van der Waals surface area contributed by atoms with E-state index in [-0.39, 0.29) is 6.04 Å². The van der Waals surface area contributed by atoms with Crippen molar-refractivity contribution in [3.63, 3.8) is 0 Å². The molecule has 0 radical (unpaired) electrons. The van der Waals surface area contributed by atoms with Crippen LogP contribution >= 0.6 is 11.6 Å². The first-order valence-electron chi connectivity index (χ1n) is 10.8. The van der Waals surface area contributed by atoms with E-state index in [1.165, 1.54) is 0 Å². The molecule has 0 amide bonds. The lowest BCUT2D eigenvalue weighted by molar-refractivity contribution is -0.0192. The summed E-state index contributed by atoms with van der Waals surface area (Å²) in [6, 6.07) is 17.4. The Bertz CT molecular complexity index is 1220. The highest BCUT2D eigenvalue weighted by Gasteiger charge is 2.41. The number of fused-ring (bicyclic) bond motifs is 3. The van der Waals surface area contributed by atoms with Gasteiger partial charge < -0.3 is 23.7 Å². The Kier molecular flexibility index (Phi) is 5.87. The number of nitrogens with zero attached hydrogens (tertiary/aromatic N) is 2. The van der Waals surface area contributed by atoms with Gasteiger partial charge in [0.15, 0.2) is 11.5 Å². The monoisotopic (exact) mass is 480 g/mol. The molecule has 2 aliphatic rings. The summed E-state index contributed by atoms with van der Waals surface area (Å²) in [5.74, 6) is 3.21. The van der Waals surface area contributed by atoms with Crippen LogP contribution in [-0.4, -0.2) is 39.2 Å². The van der Waals surface area contributed by atoms with Crippen molar-refractivity contribution >= 4 is 17.3 Å². The van der Waals surface area contributed by atoms with Crippen molar-refractivity contribution in [2.75, 3.05) is 28.4 Å². The van der Waals surface area contributed by atoms with Crippen molar-refractivity contribution in [1.29, 1.82) is 0 Å². The molecule has 0 spiro atoms. The average Bonchev–Trinajstić information content (AvgIpc) is 3.33. The standard InChI is InChI=1S/C26H25ClN2O5/c1-30-18-8-5-15(6-9-18)20-14-21-19-13-17(27)7-10-22(19)34-26(29(21)28-20)16-11-23(31-2)25(33-4)24(12-16)32-3/h5-13,21,26H,14H2,1-4H3/t21-,26+/m1/s1. The molecular formula is C26H25ClN2O5. The molecule has 3 aromatic rings. The second-order valence-electron chi connectivity index (χ2n) is 7.99. The SMILES string of the molecule is COc1ccc(C2=NN3[C@H](C2)c2cc(Cl)ccc2O[C@H]3c2cc(OC)c(OC)c(OC)c2)cc1. The molecule has 0 aliphatic carbocycles. The molecule has 0 saturated heterocycles. The molecule has 0 saturated carbocycles. The van der Waals surface area contributed by atoms with E-state index in [9.17, 15) is 0 Å². The maximum Gasteiger partial charge on any atom is 0.214 e. The van der Waals surface area contributed by atoms with E-state index in [0.717, 1.165) is 33.9 Å². The van der Waals surface area contributed by atoms with Crippen molar-refractivity contribution in [2.45, 2.75) is 18.7 Å². The molecule has 2 atom stereocenters. The Hall–Kier alpha value is -3.58. The van der Waals surface area contributed by atoms with Crippen LogP contribution in [0, 0.1) is 0 Å². The van der Waals surface area contributed by atoms with Crippen LogP contribution in [0.5, 0.6) is 28.7 Å². The van der Waals surface area contributed by atoms with E-state index in [0.29, 0.717) is 28.7 Å². The van der Waals surface area contributed by atoms with E-state index in [2.05, 4.69) is 0 Å². The van der Waals surface area contributed by atoms with Gasteiger partial charge in [-0.3, -0.25) is 0 Å². The van der Waals surface area contributed by atoms with Crippen LogP contribution in [-0.2, 0) is 0 Å². The molecule has 3 aromatic carbocycles. The van der Waals surface area contributed by atoms with Gasteiger partial charge in [0, 0.05) is 22.6 Å². The number of hydrogen-bond acceptors (Lipinski definition) is 7. The highest BCUT2D eigenvalue weighted by atomic mass is 35.5. The summed E-state index contributed by atoms with van der Waals surface area (Å²) in [6.07, 6.45) is 0.215. The lowest BCUT2D eigenvalue weighted by Gasteiger charge is -2.38. The minimum absolute atomic E-state index is 0.0383. The third-order valence-corrected chi connectivity index (χ3v) is 6.38. The number of halogens is 1. The largest absolute Gasteiger partial charge is 0.497 e. The lowest BCUT2D eigenvalue weighted by atomic mass is 9.95. The molecule has 176 valence electrons. The quantitative estimate of drug-likeness (QED) is 0.456. The Morgan fingerprint density at radius 1 is 0.882 bits per heavy atom. The van der Waals surface area contributed by atoms with Crippen LogP contribution in [0.15, 0.2) is 59.7 Å². The number of rotatable bonds is 6. The summed E-state index contributed by atoms with van der Waals surface area (Å²) in [5, 5.41) is 7.65. The van der Waals surface area contributed by atoms with Crippen LogP contribution < -0.4 is 23.7 Å². The van der Waals surface area contributed by atoms with Crippen LogP contribution in [0.25, 0.3) is 0 Å². The first-order valence-corrected chi connectivity index (χ1v) is 11.2. The van der Waals surface area contributed by atoms with E-state index < -0.39 is 6.23 Å². The van der Waals surface area contributed by atoms with Crippen LogP contribution in [0.3, 0.4) is 0 Å². The molecule has 0 bridgehead atoms. The molecule has 0 aromatic heterocycles. The minimum atomic E-state index is -0.497. The predicted molar refractivity (Wildman–Crippen MR) is 130 cm³/mol. The number of methoxy groups -OCH3 is 4. The molecule has 2 aliphatic heterocycles. The van der Waals surface area contributed by atoms with Crippen LogP contribution in [0.4, 0.5) is 0 Å². The fourth-order valence-electron chi connectivity index (χ4n) is 4.48. The Labute approximate surface area is 203 Å². The van der Waals surface area contributed by atoms with E-state index in [1.54, 1.807) is 28.4 Å². The average molecular weight is 481 g/mol. The Balaban J connectivity index is 1.61. The van der Waals surface area contributed by atoms with Gasteiger partial charge in [-0.15, -0.1) is 0 Å². The van der Waals surface area contributed by atoms with Crippen molar-refractivity contribution in [2.24, 2.45) is 5.10 Å². The van der Waals surface area contributed by atoms with Gasteiger partial charge in [-0.1, -0.05) is 11.6 Å².